The van der Waals surface area contributed by atoms with Crippen molar-refractivity contribution in [2.24, 2.45) is 0 Å². The summed E-state index contributed by atoms with van der Waals surface area (Å²) in [6, 6.07) is 3.80. The Balaban J connectivity index is 0.00000180. The van der Waals surface area contributed by atoms with Crippen molar-refractivity contribution in [2.45, 2.75) is 6.04 Å². The molecule has 0 bridgehead atoms. The Morgan fingerprint density at radius 2 is 1.75 bits per heavy atom. The smallest absolute Gasteiger partial charge is 0.135 e. The van der Waals surface area contributed by atoms with E-state index in [0.717, 1.165) is 36.2 Å². The van der Waals surface area contributed by atoms with E-state index in [0.29, 0.717) is 4.47 Å². The van der Waals surface area contributed by atoms with Crippen LogP contribution in [-0.2, 0) is 0 Å². The number of phenols is 1. The molecule has 1 fully saturated rings. The number of nitrogens with one attached hydrogen (secondary N) is 1. The molecule has 20 heavy (non-hydrogen) atoms. The third-order valence-electron chi connectivity index (χ3n) is 3.18. The highest BCUT2D eigenvalue weighted by atomic mass is 79.9. The predicted molar refractivity (Wildman–Crippen MR) is 95.4 cm³/mol. The van der Waals surface area contributed by atoms with Gasteiger partial charge in [-0.1, -0.05) is 22.0 Å². The molecule has 0 radical (unpaired) electrons. The molecule has 3 nitrogen and oxygen atoms in total. The van der Waals surface area contributed by atoms with Gasteiger partial charge in [0.2, 0.25) is 0 Å². The number of aromatic hydroxyl groups is 1. The molecule has 0 amide bonds. The first kappa shape index (κ1) is 20.2. The number of hydrogen-bond donors (Lipinski definition) is 2. The third kappa shape index (κ3) is 4.36. The van der Waals surface area contributed by atoms with Gasteiger partial charge in [-0.05, 0) is 28.1 Å². The van der Waals surface area contributed by atoms with Crippen LogP contribution in [0.3, 0.4) is 0 Å². The van der Waals surface area contributed by atoms with Crippen molar-refractivity contribution in [1.29, 1.82) is 0 Å². The number of benzene rings is 1. The fourth-order valence-electron chi connectivity index (χ4n) is 2.25. The van der Waals surface area contributed by atoms with Crippen LogP contribution in [0.2, 0.25) is 0 Å². The molecule has 1 aromatic rings. The first-order valence-electron chi connectivity index (χ1n) is 5.89. The van der Waals surface area contributed by atoms with E-state index in [4.69, 9.17) is 0 Å². The largest absolute Gasteiger partial charge is 0.506 e. The maximum Gasteiger partial charge on any atom is 0.135 e. The number of rotatable bonds is 3. The van der Waals surface area contributed by atoms with E-state index in [-0.39, 0.29) is 36.6 Å². The van der Waals surface area contributed by atoms with Crippen LogP contribution >= 0.6 is 56.7 Å². The molecule has 0 saturated carbocycles. The summed E-state index contributed by atoms with van der Waals surface area (Å²) in [5, 5.41) is 13.6. The minimum Gasteiger partial charge on any atom is -0.506 e. The summed E-state index contributed by atoms with van der Waals surface area (Å²) in [4.78, 5) is 2.32. The van der Waals surface area contributed by atoms with Gasteiger partial charge in [0.1, 0.15) is 5.75 Å². The summed E-state index contributed by atoms with van der Waals surface area (Å²) in [7, 11) is 0. The van der Waals surface area contributed by atoms with Crippen molar-refractivity contribution < 1.29 is 5.11 Å². The van der Waals surface area contributed by atoms with Gasteiger partial charge in [0.05, 0.1) is 10.5 Å². The molecule has 7 heteroatoms. The Labute approximate surface area is 148 Å². The van der Waals surface area contributed by atoms with Gasteiger partial charge in [0.25, 0.3) is 0 Å². The second-order valence-corrected chi connectivity index (χ2v) is 5.97. The van der Waals surface area contributed by atoms with E-state index >= 15 is 0 Å². The van der Waals surface area contributed by atoms with Crippen LogP contribution in [0.1, 0.15) is 11.6 Å². The zero-order chi connectivity index (χ0) is 13.1. The standard InChI is InChI=1S/C13H16Br2N2O.2ClH/c1-2-11(17-7-5-16-6-8-17)12-9(14)3-4-10(15)13(12)18;;/h2-4,11,16,18H,1,5-8H2;2*1H/t11-;;/m0../s1. The summed E-state index contributed by atoms with van der Waals surface area (Å²) >= 11 is 6.88. The molecule has 2 rings (SSSR count). The van der Waals surface area contributed by atoms with Crippen molar-refractivity contribution in [3.05, 3.63) is 39.3 Å². The highest BCUT2D eigenvalue weighted by Gasteiger charge is 2.24. The minimum atomic E-state index is 0. The Morgan fingerprint density at radius 1 is 1.20 bits per heavy atom. The van der Waals surface area contributed by atoms with Gasteiger partial charge in [0.15, 0.2) is 0 Å². The van der Waals surface area contributed by atoms with Gasteiger partial charge in [-0.3, -0.25) is 4.90 Å². The van der Waals surface area contributed by atoms with Gasteiger partial charge in [-0.2, -0.15) is 0 Å². The molecular weight excluding hydrogens is 431 g/mol. The first-order valence-corrected chi connectivity index (χ1v) is 7.48. The zero-order valence-electron chi connectivity index (χ0n) is 10.8. The van der Waals surface area contributed by atoms with E-state index in [1.807, 2.05) is 18.2 Å². The third-order valence-corrected chi connectivity index (χ3v) is 4.51. The van der Waals surface area contributed by atoms with Crippen LogP contribution in [0, 0.1) is 0 Å². The Bertz CT molecular complexity index is 454. The SMILES string of the molecule is C=C[C@@H](c1c(Br)ccc(Br)c1O)N1CCNCC1.Cl.Cl. The average Bonchev–Trinajstić information content (AvgIpc) is 2.40. The topological polar surface area (TPSA) is 35.5 Å². The lowest BCUT2D eigenvalue weighted by Gasteiger charge is -2.34. The number of phenolic OH excluding ortho intramolecular Hbond substituents is 1. The van der Waals surface area contributed by atoms with E-state index in [1.54, 1.807) is 0 Å². The minimum absolute atomic E-state index is 0. The summed E-state index contributed by atoms with van der Waals surface area (Å²) in [5.74, 6) is 0.285. The fourth-order valence-corrected chi connectivity index (χ4v) is 3.15. The van der Waals surface area contributed by atoms with E-state index in [1.165, 1.54) is 0 Å². The monoisotopic (exact) mass is 446 g/mol. The normalized spacial score (nSPS) is 16.7. The van der Waals surface area contributed by atoms with Crippen molar-refractivity contribution >= 4 is 56.7 Å². The maximum absolute atomic E-state index is 10.2. The second kappa shape index (κ2) is 9.28. The van der Waals surface area contributed by atoms with Crippen LogP contribution in [0.25, 0.3) is 0 Å². The molecule has 1 aliphatic heterocycles. The molecule has 1 heterocycles. The molecule has 2 N–H and O–H groups in total. The average molecular weight is 449 g/mol. The molecule has 1 aromatic carbocycles. The molecule has 1 aliphatic rings. The Kier molecular flexibility index (Phi) is 9.38. The van der Waals surface area contributed by atoms with Crippen LogP contribution in [0.5, 0.6) is 5.75 Å². The van der Waals surface area contributed by atoms with E-state index < -0.39 is 0 Å². The van der Waals surface area contributed by atoms with E-state index in [2.05, 4.69) is 48.7 Å². The van der Waals surface area contributed by atoms with Gasteiger partial charge in [-0.25, -0.2) is 0 Å². The molecule has 0 aromatic heterocycles. The lowest BCUT2D eigenvalue weighted by atomic mass is 10.0. The van der Waals surface area contributed by atoms with Crippen LogP contribution in [0.15, 0.2) is 33.7 Å². The second-order valence-electron chi connectivity index (χ2n) is 4.26. The van der Waals surface area contributed by atoms with Crippen LogP contribution < -0.4 is 5.32 Å². The lowest BCUT2D eigenvalue weighted by Crippen LogP contribution is -2.44. The number of piperazine rings is 1. The predicted octanol–water partition coefficient (Wildman–Crippen LogP) is 3.89. The Hall–Kier alpha value is 0.220. The van der Waals surface area contributed by atoms with Gasteiger partial charge >= 0.3 is 0 Å². The highest BCUT2D eigenvalue weighted by Crippen LogP contribution is 2.40. The summed E-state index contributed by atoms with van der Waals surface area (Å²) in [6.07, 6.45) is 1.89. The fraction of sp³-hybridized carbons (Fsp3) is 0.385. The quantitative estimate of drug-likeness (QED) is 0.688. The molecular formula is C13H18Br2Cl2N2O. The highest BCUT2D eigenvalue weighted by molar-refractivity contribution is 9.11. The first-order chi connectivity index (χ1) is 8.65. The van der Waals surface area contributed by atoms with E-state index in [9.17, 15) is 5.11 Å². The van der Waals surface area contributed by atoms with Gasteiger partial charge < -0.3 is 10.4 Å². The van der Waals surface area contributed by atoms with Crippen molar-refractivity contribution in [1.82, 2.24) is 10.2 Å². The molecule has 1 atom stereocenters. The molecule has 1 saturated heterocycles. The van der Waals surface area contributed by atoms with Crippen LogP contribution in [-0.4, -0.2) is 36.2 Å². The van der Waals surface area contributed by atoms with Crippen molar-refractivity contribution in [3.63, 3.8) is 0 Å². The number of nitrogens with zero attached hydrogens (tertiary/aromatic N) is 1. The zero-order valence-corrected chi connectivity index (χ0v) is 15.6. The molecule has 114 valence electrons. The van der Waals surface area contributed by atoms with Crippen molar-refractivity contribution in [3.8, 4) is 5.75 Å². The number of hydrogen-bond acceptors (Lipinski definition) is 3. The molecule has 0 unspecified atom stereocenters. The molecule has 0 spiro atoms. The number of halogens is 4. The van der Waals surface area contributed by atoms with Gasteiger partial charge in [-0.15, -0.1) is 31.4 Å². The summed E-state index contributed by atoms with van der Waals surface area (Å²) in [6.45, 7) is 7.76. The van der Waals surface area contributed by atoms with Crippen molar-refractivity contribution in [2.75, 3.05) is 26.2 Å². The van der Waals surface area contributed by atoms with Gasteiger partial charge in [0, 0.05) is 36.2 Å². The lowest BCUT2D eigenvalue weighted by molar-refractivity contribution is 0.200. The summed E-state index contributed by atoms with van der Waals surface area (Å²) < 4.78 is 1.62. The van der Waals surface area contributed by atoms with Crippen LogP contribution in [0.4, 0.5) is 0 Å². The summed E-state index contributed by atoms with van der Waals surface area (Å²) in [5.41, 5.74) is 0.876. The maximum atomic E-state index is 10.2. The molecule has 0 aliphatic carbocycles. The Morgan fingerprint density at radius 3 is 2.30 bits per heavy atom.